The minimum atomic E-state index is -3.56. The lowest BCUT2D eigenvalue weighted by Gasteiger charge is -2.40. The van der Waals surface area contributed by atoms with E-state index in [9.17, 15) is 8.42 Å². The Hall–Kier alpha value is 0.0469. The van der Waals surface area contributed by atoms with Gasteiger partial charge in [0.25, 0.3) is 10.1 Å². The van der Waals surface area contributed by atoms with Gasteiger partial charge < -0.3 is 9.16 Å². The van der Waals surface area contributed by atoms with Crippen LogP contribution >= 0.6 is 0 Å². The molecule has 0 fully saturated rings. The molecule has 0 saturated carbocycles. The monoisotopic (exact) mass is 508 g/mol. The first-order valence-electron chi connectivity index (χ1n) is 13.5. The molecule has 7 heteroatoms. The molecule has 0 aliphatic carbocycles. The molecule has 5 nitrogen and oxygen atoms in total. The van der Waals surface area contributed by atoms with Crippen LogP contribution in [0.2, 0.25) is 18.1 Å². The first-order valence-corrected chi connectivity index (χ1v) is 18.2. The van der Waals surface area contributed by atoms with Gasteiger partial charge in [0.1, 0.15) is 6.10 Å². The third-order valence-corrected chi connectivity index (χ3v) is 11.8. The van der Waals surface area contributed by atoms with Crippen LogP contribution in [0.3, 0.4) is 0 Å². The minimum absolute atomic E-state index is 0.00840. The van der Waals surface area contributed by atoms with Crippen molar-refractivity contribution in [1.29, 1.82) is 0 Å². The molecular formula is C26H56O5SSi. The van der Waals surface area contributed by atoms with E-state index in [1.54, 1.807) is 6.92 Å². The van der Waals surface area contributed by atoms with Crippen molar-refractivity contribution in [2.24, 2.45) is 0 Å². The van der Waals surface area contributed by atoms with Gasteiger partial charge in [0.2, 0.25) is 0 Å². The van der Waals surface area contributed by atoms with Crippen molar-refractivity contribution in [3.63, 3.8) is 0 Å². The van der Waals surface area contributed by atoms with E-state index < -0.39 is 30.8 Å². The van der Waals surface area contributed by atoms with Crippen LogP contribution < -0.4 is 0 Å². The maximum absolute atomic E-state index is 11.6. The van der Waals surface area contributed by atoms with Crippen molar-refractivity contribution in [2.75, 3.05) is 12.9 Å². The predicted octanol–water partition coefficient (Wildman–Crippen LogP) is 8.20. The van der Waals surface area contributed by atoms with Gasteiger partial charge >= 0.3 is 0 Å². The van der Waals surface area contributed by atoms with Crippen LogP contribution in [-0.2, 0) is 23.5 Å². The Balaban J connectivity index is 4.08. The standard InChI is InChI=1S/C26H56O5SSi/c1-9-10-11-12-13-14-15-16-17-18-19-20-21-22-23-29-25(24(2)30-32(6,27)28)31-33(7,8)26(3,4)5/h24-25H,9-23H2,1-8H3/t24?,25-/m0/s1. The molecule has 0 bridgehead atoms. The average molecular weight is 509 g/mol. The van der Waals surface area contributed by atoms with Crippen LogP contribution in [0.15, 0.2) is 0 Å². The van der Waals surface area contributed by atoms with Crippen molar-refractivity contribution < 1.29 is 21.8 Å². The molecule has 2 atom stereocenters. The Bertz CT molecular complexity index is 572. The molecule has 0 aliphatic heterocycles. The van der Waals surface area contributed by atoms with E-state index in [2.05, 4.69) is 40.8 Å². The smallest absolute Gasteiger partial charge is 0.264 e. The molecule has 0 rings (SSSR count). The van der Waals surface area contributed by atoms with Crippen LogP contribution in [0.5, 0.6) is 0 Å². The molecule has 0 aliphatic rings. The molecule has 0 aromatic heterocycles. The SMILES string of the molecule is CCCCCCCCCCCCCCCCO[C@@H](O[Si](C)(C)C(C)(C)C)C(C)OS(C)(=O)=O. The normalized spacial score (nSPS) is 15.0. The zero-order valence-corrected chi connectivity index (χ0v) is 25.0. The number of unbranched alkanes of at least 4 members (excludes halogenated alkanes) is 13. The van der Waals surface area contributed by atoms with Crippen molar-refractivity contribution in [3.8, 4) is 0 Å². The highest BCUT2D eigenvalue weighted by molar-refractivity contribution is 7.86. The van der Waals surface area contributed by atoms with Gasteiger partial charge in [0.15, 0.2) is 14.6 Å². The van der Waals surface area contributed by atoms with Gasteiger partial charge in [-0.15, -0.1) is 0 Å². The maximum atomic E-state index is 11.6. The zero-order valence-electron chi connectivity index (χ0n) is 23.2. The van der Waals surface area contributed by atoms with Gasteiger partial charge in [-0.25, -0.2) is 0 Å². The van der Waals surface area contributed by atoms with Crippen LogP contribution in [0.4, 0.5) is 0 Å². The fourth-order valence-electron chi connectivity index (χ4n) is 3.55. The lowest BCUT2D eigenvalue weighted by molar-refractivity contribution is -0.138. The summed E-state index contributed by atoms with van der Waals surface area (Å²) in [6.45, 7) is 15.3. The molecule has 200 valence electrons. The van der Waals surface area contributed by atoms with Crippen molar-refractivity contribution in [2.45, 2.75) is 155 Å². The van der Waals surface area contributed by atoms with Crippen molar-refractivity contribution >= 4 is 18.4 Å². The van der Waals surface area contributed by atoms with E-state index in [4.69, 9.17) is 13.3 Å². The average Bonchev–Trinajstić information content (AvgIpc) is 2.67. The Morgan fingerprint density at radius 3 is 1.52 bits per heavy atom. The van der Waals surface area contributed by atoms with Gasteiger partial charge in [0, 0.05) is 6.61 Å². The van der Waals surface area contributed by atoms with Crippen molar-refractivity contribution in [1.82, 2.24) is 0 Å². The molecule has 1 unspecified atom stereocenters. The van der Waals surface area contributed by atoms with E-state index in [1.807, 2.05) is 0 Å². The molecule has 0 aromatic rings. The summed E-state index contributed by atoms with van der Waals surface area (Å²) in [5, 5.41) is 0.00840. The third kappa shape index (κ3) is 18.0. The lowest BCUT2D eigenvalue weighted by Crippen LogP contribution is -2.48. The minimum Gasteiger partial charge on any atom is -0.390 e. The zero-order chi connectivity index (χ0) is 25.4. The van der Waals surface area contributed by atoms with Gasteiger partial charge in [-0.05, 0) is 31.5 Å². The summed E-state index contributed by atoms with van der Waals surface area (Å²) in [5.74, 6) is 0. The maximum Gasteiger partial charge on any atom is 0.264 e. The topological polar surface area (TPSA) is 61.8 Å². The highest BCUT2D eigenvalue weighted by Crippen LogP contribution is 2.38. The summed E-state index contributed by atoms with van der Waals surface area (Å²) in [5.41, 5.74) is 0. The van der Waals surface area contributed by atoms with Gasteiger partial charge in [-0.2, -0.15) is 8.42 Å². The molecule has 0 spiro atoms. The summed E-state index contributed by atoms with van der Waals surface area (Å²) >= 11 is 0. The molecule has 0 heterocycles. The highest BCUT2D eigenvalue weighted by atomic mass is 32.2. The fourth-order valence-corrected chi connectivity index (χ4v) is 5.39. The van der Waals surface area contributed by atoms with Gasteiger partial charge in [0.05, 0.1) is 6.26 Å². The Kier molecular flexibility index (Phi) is 17.5. The molecule has 0 N–H and O–H groups in total. The van der Waals surface area contributed by atoms with Crippen LogP contribution in [0.25, 0.3) is 0 Å². The molecule has 0 radical (unpaired) electrons. The molecule has 0 saturated heterocycles. The van der Waals surface area contributed by atoms with E-state index in [1.165, 1.54) is 77.0 Å². The number of rotatable bonds is 21. The molecule has 0 amide bonds. The van der Waals surface area contributed by atoms with Crippen LogP contribution in [0.1, 0.15) is 125 Å². The first-order chi connectivity index (χ1) is 15.3. The summed E-state index contributed by atoms with van der Waals surface area (Å²) in [4.78, 5) is 0. The number of hydrogen-bond acceptors (Lipinski definition) is 5. The predicted molar refractivity (Wildman–Crippen MR) is 144 cm³/mol. The van der Waals surface area contributed by atoms with Crippen LogP contribution in [0, 0.1) is 0 Å². The Labute approximate surface area is 208 Å². The Morgan fingerprint density at radius 2 is 1.15 bits per heavy atom. The highest BCUT2D eigenvalue weighted by Gasteiger charge is 2.41. The number of hydrogen-bond donors (Lipinski definition) is 0. The second kappa shape index (κ2) is 17.5. The molecule has 0 aromatic carbocycles. The van der Waals surface area contributed by atoms with Gasteiger partial charge in [-0.3, -0.25) is 4.18 Å². The molecular weight excluding hydrogens is 452 g/mol. The second-order valence-corrected chi connectivity index (χ2v) is 17.6. The molecule has 33 heavy (non-hydrogen) atoms. The number of ether oxygens (including phenoxy) is 1. The lowest BCUT2D eigenvalue weighted by atomic mass is 10.0. The fraction of sp³-hybridized carbons (Fsp3) is 1.00. The third-order valence-electron chi connectivity index (χ3n) is 6.71. The van der Waals surface area contributed by atoms with E-state index in [0.29, 0.717) is 6.61 Å². The van der Waals surface area contributed by atoms with E-state index in [0.717, 1.165) is 19.1 Å². The van der Waals surface area contributed by atoms with E-state index >= 15 is 0 Å². The second-order valence-electron chi connectivity index (χ2n) is 11.2. The summed E-state index contributed by atoms with van der Waals surface area (Å²) < 4.78 is 40.7. The van der Waals surface area contributed by atoms with Crippen LogP contribution in [-0.4, -0.2) is 42.0 Å². The van der Waals surface area contributed by atoms with Crippen molar-refractivity contribution in [3.05, 3.63) is 0 Å². The van der Waals surface area contributed by atoms with Gasteiger partial charge in [-0.1, -0.05) is 111 Å². The Morgan fingerprint density at radius 1 is 0.758 bits per heavy atom. The summed E-state index contributed by atoms with van der Waals surface area (Å²) in [6, 6.07) is 0. The quantitative estimate of drug-likeness (QED) is 0.0676. The summed E-state index contributed by atoms with van der Waals surface area (Å²) in [7, 11) is -5.68. The first kappa shape index (κ1) is 33.0. The van der Waals surface area contributed by atoms with E-state index in [-0.39, 0.29) is 5.04 Å². The summed E-state index contributed by atoms with van der Waals surface area (Å²) in [6.07, 6.45) is 18.1. The largest absolute Gasteiger partial charge is 0.390 e.